The Bertz CT molecular complexity index is 854. The van der Waals surface area contributed by atoms with E-state index in [4.69, 9.17) is 16.3 Å². The van der Waals surface area contributed by atoms with Crippen molar-refractivity contribution in [1.82, 2.24) is 14.8 Å². The van der Waals surface area contributed by atoms with Gasteiger partial charge in [0.2, 0.25) is 5.91 Å². The zero-order chi connectivity index (χ0) is 17.6. The van der Waals surface area contributed by atoms with Crippen LogP contribution in [0, 0.1) is 0 Å². The van der Waals surface area contributed by atoms with Crippen LogP contribution in [-0.4, -0.2) is 33.5 Å². The molecule has 0 aliphatic heterocycles. The summed E-state index contributed by atoms with van der Waals surface area (Å²) >= 11 is 7.69. The van der Waals surface area contributed by atoms with Gasteiger partial charge in [-0.15, -0.1) is 11.8 Å². The molecule has 0 radical (unpaired) electrons. The highest BCUT2D eigenvalue weighted by molar-refractivity contribution is 8.00. The molecule has 2 aromatic carbocycles. The molecule has 1 aromatic heterocycles. The number of nitrogens with zero attached hydrogens (tertiary/aromatic N) is 3. The number of ether oxygens (including phenoxy) is 1. The number of methoxy groups -OCH3 is 1. The van der Waals surface area contributed by atoms with Crippen molar-refractivity contribution in [3.63, 3.8) is 0 Å². The van der Waals surface area contributed by atoms with E-state index in [0.29, 0.717) is 16.4 Å². The Hall–Kier alpha value is -2.51. The third kappa shape index (κ3) is 4.32. The maximum atomic E-state index is 12.3. The predicted octanol–water partition coefficient (Wildman–Crippen LogP) is 3.66. The van der Waals surface area contributed by atoms with Gasteiger partial charge in [0.25, 0.3) is 0 Å². The number of nitrogens with one attached hydrogen (secondary N) is 1. The van der Waals surface area contributed by atoms with E-state index in [1.807, 2.05) is 24.3 Å². The Morgan fingerprint density at radius 1 is 1.28 bits per heavy atom. The van der Waals surface area contributed by atoms with Crippen molar-refractivity contribution >= 4 is 35.0 Å². The Morgan fingerprint density at radius 3 is 2.76 bits per heavy atom. The van der Waals surface area contributed by atoms with E-state index in [0.717, 1.165) is 10.6 Å². The standard InChI is InChI=1S/C17H15ClN4O2S/c1-24-12-5-7-13(8-6-12)25-9-16(23)21-15-4-2-3-14(18)17(15)22-11-19-10-20-22/h2-8,10-11H,9H2,1H3,(H,21,23). The summed E-state index contributed by atoms with van der Waals surface area (Å²) in [5, 5.41) is 7.43. The van der Waals surface area contributed by atoms with Crippen LogP contribution in [0.2, 0.25) is 5.02 Å². The van der Waals surface area contributed by atoms with Crippen molar-refractivity contribution in [3.05, 3.63) is 60.1 Å². The fourth-order valence-corrected chi connectivity index (χ4v) is 3.14. The molecule has 0 saturated heterocycles. The van der Waals surface area contributed by atoms with Crippen LogP contribution >= 0.6 is 23.4 Å². The first-order chi connectivity index (χ1) is 12.2. The maximum absolute atomic E-state index is 12.3. The first-order valence-electron chi connectivity index (χ1n) is 7.37. The topological polar surface area (TPSA) is 69.0 Å². The van der Waals surface area contributed by atoms with Gasteiger partial charge in [-0.25, -0.2) is 9.67 Å². The van der Waals surface area contributed by atoms with Crippen LogP contribution < -0.4 is 10.1 Å². The number of halogens is 1. The second-order valence-electron chi connectivity index (χ2n) is 4.99. The number of thioether (sulfide) groups is 1. The van der Waals surface area contributed by atoms with E-state index in [1.54, 1.807) is 25.3 Å². The van der Waals surface area contributed by atoms with Gasteiger partial charge in [-0.1, -0.05) is 17.7 Å². The maximum Gasteiger partial charge on any atom is 0.234 e. The zero-order valence-electron chi connectivity index (χ0n) is 13.3. The SMILES string of the molecule is COc1ccc(SCC(=O)Nc2cccc(Cl)c2-n2cncn2)cc1. The molecule has 8 heteroatoms. The fraction of sp³-hybridized carbons (Fsp3) is 0.118. The van der Waals surface area contributed by atoms with Gasteiger partial charge in [0.05, 0.1) is 23.6 Å². The molecule has 0 fully saturated rings. The van der Waals surface area contributed by atoms with Gasteiger partial charge in [0.1, 0.15) is 24.1 Å². The number of aromatic nitrogens is 3. The molecule has 0 saturated carbocycles. The van der Waals surface area contributed by atoms with Crippen LogP contribution in [0.25, 0.3) is 5.69 Å². The lowest BCUT2D eigenvalue weighted by atomic mass is 10.2. The smallest absolute Gasteiger partial charge is 0.234 e. The van der Waals surface area contributed by atoms with Gasteiger partial charge >= 0.3 is 0 Å². The molecule has 0 aliphatic rings. The lowest BCUT2D eigenvalue weighted by Crippen LogP contribution is -2.16. The predicted molar refractivity (Wildman–Crippen MR) is 98.7 cm³/mol. The molecule has 1 heterocycles. The van der Waals surface area contributed by atoms with Crippen molar-refractivity contribution < 1.29 is 9.53 Å². The molecule has 0 bridgehead atoms. The first kappa shape index (κ1) is 17.3. The minimum absolute atomic E-state index is 0.135. The summed E-state index contributed by atoms with van der Waals surface area (Å²) in [6.07, 6.45) is 2.94. The molecule has 0 atom stereocenters. The Morgan fingerprint density at radius 2 is 2.08 bits per heavy atom. The summed E-state index contributed by atoms with van der Waals surface area (Å²) in [6.45, 7) is 0. The van der Waals surface area contributed by atoms with E-state index in [9.17, 15) is 4.79 Å². The average molecular weight is 375 g/mol. The number of amides is 1. The van der Waals surface area contributed by atoms with Gasteiger partial charge in [0, 0.05) is 4.90 Å². The molecule has 0 unspecified atom stereocenters. The summed E-state index contributed by atoms with van der Waals surface area (Å²) in [6, 6.07) is 12.8. The molecule has 0 aliphatic carbocycles. The van der Waals surface area contributed by atoms with Crippen LogP contribution in [-0.2, 0) is 4.79 Å². The molecule has 3 aromatic rings. The fourth-order valence-electron chi connectivity index (χ4n) is 2.18. The summed E-state index contributed by atoms with van der Waals surface area (Å²) in [5.74, 6) is 0.921. The Kier molecular flexibility index (Phi) is 5.57. The van der Waals surface area contributed by atoms with Gasteiger partial charge in [-0.05, 0) is 36.4 Å². The molecular weight excluding hydrogens is 360 g/mol. The highest BCUT2D eigenvalue weighted by atomic mass is 35.5. The Labute approximate surface area is 154 Å². The van der Waals surface area contributed by atoms with Gasteiger partial charge in [-0.3, -0.25) is 4.79 Å². The summed E-state index contributed by atoms with van der Waals surface area (Å²) < 4.78 is 6.64. The normalized spacial score (nSPS) is 10.5. The van der Waals surface area contributed by atoms with Gasteiger partial charge in [-0.2, -0.15) is 5.10 Å². The number of hydrogen-bond acceptors (Lipinski definition) is 5. The second kappa shape index (κ2) is 8.04. The molecular formula is C17H15ClN4O2S. The number of benzene rings is 2. The summed E-state index contributed by atoms with van der Waals surface area (Å²) in [7, 11) is 1.62. The lowest BCUT2D eigenvalue weighted by Gasteiger charge is -2.12. The first-order valence-corrected chi connectivity index (χ1v) is 8.74. The van der Waals surface area contributed by atoms with Crippen LogP contribution in [0.4, 0.5) is 5.69 Å². The van der Waals surface area contributed by atoms with Gasteiger partial charge in [0.15, 0.2) is 0 Å². The largest absolute Gasteiger partial charge is 0.497 e. The minimum Gasteiger partial charge on any atom is -0.497 e. The second-order valence-corrected chi connectivity index (χ2v) is 6.44. The number of carbonyl (C=O) groups is 1. The molecule has 0 spiro atoms. The van der Waals surface area contributed by atoms with Crippen LogP contribution in [0.3, 0.4) is 0 Å². The summed E-state index contributed by atoms with van der Waals surface area (Å²) in [5.41, 5.74) is 1.17. The third-order valence-electron chi connectivity index (χ3n) is 3.34. The van der Waals surface area contributed by atoms with E-state index >= 15 is 0 Å². The molecule has 1 amide bonds. The van der Waals surface area contributed by atoms with E-state index < -0.39 is 0 Å². The average Bonchev–Trinajstić information content (AvgIpc) is 3.14. The molecule has 25 heavy (non-hydrogen) atoms. The molecule has 3 rings (SSSR count). The zero-order valence-corrected chi connectivity index (χ0v) is 14.9. The Balaban J connectivity index is 1.68. The van der Waals surface area contributed by atoms with Crippen molar-refractivity contribution in [1.29, 1.82) is 0 Å². The van der Waals surface area contributed by atoms with E-state index in [2.05, 4.69) is 15.4 Å². The third-order valence-corrected chi connectivity index (χ3v) is 4.66. The highest BCUT2D eigenvalue weighted by Gasteiger charge is 2.13. The summed E-state index contributed by atoms with van der Waals surface area (Å²) in [4.78, 5) is 17.2. The lowest BCUT2D eigenvalue weighted by molar-refractivity contribution is -0.113. The van der Waals surface area contributed by atoms with E-state index in [-0.39, 0.29) is 11.7 Å². The number of rotatable bonds is 6. The molecule has 1 N–H and O–H groups in total. The highest BCUT2D eigenvalue weighted by Crippen LogP contribution is 2.28. The van der Waals surface area contributed by atoms with Crippen molar-refractivity contribution in [3.8, 4) is 11.4 Å². The minimum atomic E-state index is -0.135. The van der Waals surface area contributed by atoms with E-state index in [1.165, 1.54) is 29.1 Å². The van der Waals surface area contributed by atoms with Crippen LogP contribution in [0.5, 0.6) is 5.75 Å². The molecule has 128 valence electrons. The number of hydrogen-bond donors (Lipinski definition) is 1. The van der Waals surface area contributed by atoms with Crippen LogP contribution in [0.15, 0.2) is 60.0 Å². The number of anilines is 1. The van der Waals surface area contributed by atoms with Crippen molar-refractivity contribution in [2.75, 3.05) is 18.2 Å². The van der Waals surface area contributed by atoms with Crippen molar-refractivity contribution in [2.45, 2.75) is 4.90 Å². The number of para-hydroxylation sites is 1. The number of carbonyl (C=O) groups excluding carboxylic acids is 1. The van der Waals surface area contributed by atoms with Crippen molar-refractivity contribution in [2.24, 2.45) is 0 Å². The van der Waals surface area contributed by atoms with Crippen LogP contribution in [0.1, 0.15) is 0 Å². The molecule has 6 nitrogen and oxygen atoms in total. The van der Waals surface area contributed by atoms with Gasteiger partial charge < -0.3 is 10.1 Å². The quantitative estimate of drug-likeness (QED) is 0.667. The monoisotopic (exact) mass is 374 g/mol.